The summed E-state index contributed by atoms with van der Waals surface area (Å²) in [5.74, 6) is 1.62. The van der Waals surface area contributed by atoms with Crippen molar-refractivity contribution in [3.63, 3.8) is 0 Å². The minimum Gasteiger partial charge on any atom is -0.497 e. The van der Waals surface area contributed by atoms with Crippen LogP contribution < -0.4 is 19.5 Å². The van der Waals surface area contributed by atoms with Gasteiger partial charge in [-0.1, -0.05) is 22.0 Å². The second kappa shape index (κ2) is 9.40. The first-order valence-corrected chi connectivity index (χ1v) is 11.8. The van der Waals surface area contributed by atoms with Crippen molar-refractivity contribution in [1.82, 2.24) is 5.32 Å². The van der Waals surface area contributed by atoms with Gasteiger partial charge in [-0.05, 0) is 55.3 Å². The second-order valence-corrected chi connectivity index (χ2v) is 9.55. The van der Waals surface area contributed by atoms with Crippen molar-refractivity contribution in [3.05, 3.63) is 52.0 Å². The standard InChI is InChI=1S/C24H28BrNO7/c1-24(2)32-22-21(28-12-15-9-16(27-3)5-6-17(15)25)20(31-23(22)33-24)11-26-10-14-4-7-18-19(8-14)30-13-29-18/h4-9,20-23,26H,10-13H2,1-3H3/t20-,21+,22-,23-/m1/s1. The molecule has 3 heterocycles. The molecule has 0 bridgehead atoms. The van der Waals surface area contributed by atoms with E-state index in [0.717, 1.165) is 32.8 Å². The molecule has 0 amide bonds. The van der Waals surface area contributed by atoms with Crippen molar-refractivity contribution >= 4 is 15.9 Å². The number of hydrogen-bond donors (Lipinski definition) is 1. The average Bonchev–Trinajstić information content (AvgIpc) is 3.45. The van der Waals surface area contributed by atoms with Crippen LogP contribution in [0.25, 0.3) is 0 Å². The van der Waals surface area contributed by atoms with Crippen molar-refractivity contribution in [2.75, 3.05) is 20.4 Å². The van der Waals surface area contributed by atoms with Gasteiger partial charge in [-0.2, -0.15) is 0 Å². The quantitative estimate of drug-likeness (QED) is 0.562. The molecule has 3 aliphatic heterocycles. The number of fused-ring (bicyclic) bond motifs is 2. The summed E-state index contributed by atoms with van der Waals surface area (Å²) < 4.78 is 41.8. The third-order valence-corrected chi connectivity index (χ3v) is 6.66. The number of hydrogen-bond acceptors (Lipinski definition) is 8. The van der Waals surface area contributed by atoms with Crippen LogP contribution in [0.3, 0.4) is 0 Å². The Kier molecular flexibility index (Phi) is 6.52. The van der Waals surface area contributed by atoms with Crippen LogP contribution in [0.4, 0.5) is 0 Å². The molecule has 8 nitrogen and oxygen atoms in total. The van der Waals surface area contributed by atoms with Gasteiger partial charge in [0.1, 0.15) is 24.1 Å². The summed E-state index contributed by atoms with van der Waals surface area (Å²) in [6.45, 7) is 5.67. The topological polar surface area (TPSA) is 76.6 Å². The van der Waals surface area contributed by atoms with Gasteiger partial charge >= 0.3 is 0 Å². The maximum Gasteiger partial charge on any atom is 0.231 e. The highest BCUT2D eigenvalue weighted by Crippen LogP contribution is 2.39. The molecule has 2 aromatic carbocycles. The fraction of sp³-hybridized carbons (Fsp3) is 0.500. The van der Waals surface area contributed by atoms with Gasteiger partial charge in [0.2, 0.25) is 6.79 Å². The Hall–Kier alpha value is -1.88. The van der Waals surface area contributed by atoms with E-state index in [1.54, 1.807) is 7.11 Å². The molecule has 5 rings (SSSR count). The molecule has 2 saturated heterocycles. The first-order valence-electron chi connectivity index (χ1n) is 11.0. The van der Waals surface area contributed by atoms with E-state index in [1.807, 2.05) is 50.2 Å². The molecular formula is C24H28BrNO7. The molecule has 0 aliphatic carbocycles. The van der Waals surface area contributed by atoms with Gasteiger partial charge in [-0.3, -0.25) is 0 Å². The van der Waals surface area contributed by atoms with E-state index in [9.17, 15) is 0 Å². The van der Waals surface area contributed by atoms with Crippen LogP contribution in [0.1, 0.15) is 25.0 Å². The summed E-state index contributed by atoms with van der Waals surface area (Å²) in [6.07, 6.45) is -1.29. The number of ether oxygens (including phenoxy) is 7. The minimum absolute atomic E-state index is 0.227. The second-order valence-electron chi connectivity index (χ2n) is 8.69. The van der Waals surface area contributed by atoms with Gasteiger partial charge in [0.25, 0.3) is 0 Å². The summed E-state index contributed by atoms with van der Waals surface area (Å²) in [6, 6.07) is 11.8. The van der Waals surface area contributed by atoms with E-state index in [-0.39, 0.29) is 25.1 Å². The lowest BCUT2D eigenvalue weighted by Gasteiger charge is -2.26. The summed E-state index contributed by atoms with van der Waals surface area (Å²) in [5.41, 5.74) is 2.09. The van der Waals surface area contributed by atoms with E-state index in [0.29, 0.717) is 19.7 Å². The van der Waals surface area contributed by atoms with E-state index in [1.165, 1.54) is 0 Å². The number of halogens is 1. The molecule has 33 heavy (non-hydrogen) atoms. The first kappa shape index (κ1) is 22.9. The number of nitrogens with one attached hydrogen (secondary N) is 1. The van der Waals surface area contributed by atoms with Crippen molar-refractivity contribution < 1.29 is 33.2 Å². The molecule has 1 N–H and O–H groups in total. The Morgan fingerprint density at radius 2 is 1.94 bits per heavy atom. The molecule has 178 valence electrons. The highest BCUT2D eigenvalue weighted by molar-refractivity contribution is 9.10. The van der Waals surface area contributed by atoms with Crippen LogP contribution in [-0.2, 0) is 32.1 Å². The third-order valence-electron chi connectivity index (χ3n) is 5.88. The van der Waals surface area contributed by atoms with Gasteiger partial charge in [0.05, 0.1) is 13.7 Å². The maximum atomic E-state index is 6.36. The molecule has 0 radical (unpaired) electrons. The highest BCUT2D eigenvalue weighted by atomic mass is 79.9. The fourth-order valence-corrected chi connectivity index (χ4v) is 4.66. The zero-order valence-corrected chi connectivity index (χ0v) is 20.4. The van der Waals surface area contributed by atoms with Gasteiger partial charge in [0, 0.05) is 17.6 Å². The van der Waals surface area contributed by atoms with E-state index < -0.39 is 12.1 Å². The number of benzene rings is 2. The van der Waals surface area contributed by atoms with Crippen molar-refractivity contribution in [2.45, 2.75) is 57.4 Å². The van der Waals surface area contributed by atoms with Crippen LogP contribution >= 0.6 is 15.9 Å². The highest BCUT2D eigenvalue weighted by Gasteiger charge is 2.55. The molecule has 9 heteroatoms. The van der Waals surface area contributed by atoms with Crippen molar-refractivity contribution in [3.8, 4) is 17.2 Å². The smallest absolute Gasteiger partial charge is 0.231 e. The van der Waals surface area contributed by atoms with Gasteiger partial charge in [-0.15, -0.1) is 0 Å². The maximum absolute atomic E-state index is 6.36. The molecule has 0 spiro atoms. The lowest BCUT2D eigenvalue weighted by molar-refractivity contribution is -0.218. The predicted molar refractivity (Wildman–Crippen MR) is 122 cm³/mol. The minimum atomic E-state index is -0.710. The van der Waals surface area contributed by atoms with E-state index >= 15 is 0 Å². The zero-order valence-electron chi connectivity index (χ0n) is 18.8. The largest absolute Gasteiger partial charge is 0.497 e. The summed E-state index contributed by atoms with van der Waals surface area (Å²) >= 11 is 3.59. The fourth-order valence-electron chi connectivity index (χ4n) is 4.30. The SMILES string of the molecule is COc1ccc(Br)c(CO[C@@H]2[C@H]3OC(C)(C)O[C@H]3O[C@@H]2CNCc2ccc3c(c2)OCO3)c1. The molecule has 0 unspecified atom stereocenters. The Balaban J connectivity index is 1.24. The van der Waals surface area contributed by atoms with Crippen LogP contribution in [0.5, 0.6) is 17.2 Å². The van der Waals surface area contributed by atoms with Crippen LogP contribution in [0.15, 0.2) is 40.9 Å². The normalized spacial score (nSPS) is 27.0. The Morgan fingerprint density at radius 1 is 1.09 bits per heavy atom. The van der Waals surface area contributed by atoms with Crippen molar-refractivity contribution in [1.29, 1.82) is 0 Å². The Bertz CT molecular complexity index is 1000. The molecule has 3 aliphatic rings. The molecule has 2 aromatic rings. The van der Waals surface area contributed by atoms with Gasteiger partial charge in [-0.25, -0.2) is 0 Å². The molecule has 4 atom stereocenters. The lowest BCUT2D eigenvalue weighted by atomic mass is 10.1. The molecule has 2 fully saturated rings. The predicted octanol–water partition coefficient (Wildman–Crippen LogP) is 3.74. The number of methoxy groups -OCH3 is 1. The van der Waals surface area contributed by atoms with Gasteiger partial charge < -0.3 is 38.5 Å². The Morgan fingerprint density at radius 3 is 2.79 bits per heavy atom. The van der Waals surface area contributed by atoms with Crippen LogP contribution in [-0.4, -0.2) is 50.8 Å². The molecule has 0 aromatic heterocycles. The third kappa shape index (κ3) is 4.99. The van der Waals surface area contributed by atoms with E-state index in [2.05, 4.69) is 21.2 Å². The van der Waals surface area contributed by atoms with Gasteiger partial charge in [0.15, 0.2) is 23.6 Å². The number of rotatable bonds is 8. The van der Waals surface area contributed by atoms with Crippen molar-refractivity contribution in [2.24, 2.45) is 0 Å². The van der Waals surface area contributed by atoms with E-state index in [4.69, 9.17) is 33.2 Å². The lowest BCUT2D eigenvalue weighted by Crippen LogP contribution is -2.41. The summed E-state index contributed by atoms with van der Waals surface area (Å²) in [7, 11) is 1.65. The molecular weight excluding hydrogens is 494 g/mol. The summed E-state index contributed by atoms with van der Waals surface area (Å²) in [5, 5.41) is 3.46. The zero-order chi connectivity index (χ0) is 23.0. The average molecular weight is 522 g/mol. The monoisotopic (exact) mass is 521 g/mol. The Labute approximate surface area is 201 Å². The van der Waals surface area contributed by atoms with Crippen LogP contribution in [0.2, 0.25) is 0 Å². The van der Waals surface area contributed by atoms with Crippen LogP contribution in [0, 0.1) is 0 Å². The molecule has 0 saturated carbocycles. The summed E-state index contributed by atoms with van der Waals surface area (Å²) in [4.78, 5) is 0. The first-order chi connectivity index (χ1) is 15.9.